The fourth-order valence-electron chi connectivity index (χ4n) is 3.24. The predicted molar refractivity (Wildman–Crippen MR) is 123 cm³/mol. The third-order valence-electron chi connectivity index (χ3n) is 4.75. The first-order chi connectivity index (χ1) is 12.8. The van der Waals surface area contributed by atoms with Crippen molar-refractivity contribution in [2.75, 3.05) is 31.6 Å². The van der Waals surface area contributed by atoms with Gasteiger partial charge in [-0.15, -0.1) is 24.0 Å². The molecule has 3 rings (SSSR count). The van der Waals surface area contributed by atoms with Gasteiger partial charge in [0.05, 0.1) is 0 Å². The van der Waals surface area contributed by atoms with Gasteiger partial charge in [-0.2, -0.15) is 0 Å². The topological polar surface area (TPSA) is 57.5 Å². The second-order valence-corrected chi connectivity index (χ2v) is 6.70. The number of halogens is 1. The Morgan fingerprint density at radius 2 is 1.81 bits per heavy atom. The third kappa shape index (κ3) is 7.04. The molecule has 6 nitrogen and oxygen atoms in total. The second kappa shape index (κ2) is 11.8. The minimum atomic E-state index is 0. The molecule has 3 heterocycles. The molecule has 0 saturated carbocycles. The summed E-state index contributed by atoms with van der Waals surface area (Å²) in [5.74, 6) is 1.92. The molecule has 1 aliphatic rings. The van der Waals surface area contributed by atoms with Crippen LogP contribution in [-0.4, -0.2) is 42.2 Å². The number of anilines is 1. The second-order valence-electron chi connectivity index (χ2n) is 6.70. The van der Waals surface area contributed by atoms with Gasteiger partial charge in [0.25, 0.3) is 0 Å². The maximum absolute atomic E-state index is 4.67. The molecule has 2 aromatic rings. The average Bonchev–Trinajstić information content (AvgIpc) is 3.05. The predicted octanol–water partition coefficient (Wildman–Crippen LogP) is 3.25. The van der Waals surface area contributed by atoms with E-state index in [1.165, 1.54) is 25.7 Å². The summed E-state index contributed by atoms with van der Waals surface area (Å²) in [5, 5.41) is 6.69. The van der Waals surface area contributed by atoms with Crippen molar-refractivity contribution in [3.63, 3.8) is 0 Å². The number of aliphatic imine (C=N–C) groups is 1. The van der Waals surface area contributed by atoms with Gasteiger partial charge in [0.15, 0.2) is 5.96 Å². The number of hydrogen-bond donors (Lipinski definition) is 2. The Hall–Kier alpha value is -1.77. The van der Waals surface area contributed by atoms with E-state index in [-0.39, 0.29) is 24.0 Å². The Labute approximate surface area is 179 Å². The molecule has 0 radical (unpaired) electrons. The molecule has 0 atom stereocenters. The molecule has 1 aliphatic heterocycles. The minimum absolute atomic E-state index is 0. The van der Waals surface area contributed by atoms with Gasteiger partial charge < -0.3 is 20.1 Å². The maximum Gasteiger partial charge on any atom is 0.191 e. The molecule has 2 N–H and O–H groups in total. The van der Waals surface area contributed by atoms with Crippen molar-refractivity contribution in [2.24, 2.45) is 4.99 Å². The average molecular weight is 482 g/mol. The van der Waals surface area contributed by atoms with E-state index < -0.39 is 0 Å². The molecule has 0 unspecified atom stereocenters. The van der Waals surface area contributed by atoms with Gasteiger partial charge >= 0.3 is 0 Å². The lowest BCUT2D eigenvalue weighted by Crippen LogP contribution is -2.38. The van der Waals surface area contributed by atoms with Gasteiger partial charge in [0, 0.05) is 58.4 Å². The van der Waals surface area contributed by atoms with Crippen LogP contribution >= 0.6 is 24.0 Å². The van der Waals surface area contributed by atoms with Crippen LogP contribution in [0.3, 0.4) is 0 Å². The maximum atomic E-state index is 4.67. The number of guanidine groups is 1. The molecular weight excluding hydrogens is 451 g/mol. The van der Waals surface area contributed by atoms with E-state index in [9.17, 15) is 0 Å². The zero-order valence-electron chi connectivity index (χ0n) is 16.1. The number of rotatable bonds is 6. The Morgan fingerprint density at radius 1 is 1.07 bits per heavy atom. The molecule has 2 aromatic heterocycles. The number of pyridine rings is 1. The van der Waals surface area contributed by atoms with Crippen molar-refractivity contribution >= 4 is 35.8 Å². The molecule has 1 saturated heterocycles. The Bertz CT molecular complexity index is 660. The van der Waals surface area contributed by atoms with Crippen molar-refractivity contribution < 1.29 is 0 Å². The van der Waals surface area contributed by atoms with E-state index in [0.29, 0.717) is 0 Å². The highest BCUT2D eigenvalue weighted by molar-refractivity contribution is 14.0. The molecule has 0 amide bonds. The first-order valence-electron chi connectivity index (χ1n) is 9.60. The lowest BCUT2D eigenvalue weighted by atomic mass is 10.2. The van der Waals surface area contributed by atoms with Crippen molar-refractivity contribution in [1.29, 1.82) is 0 Å². The van der Waals surface area contributed by atoms with Crippen molar-refractivity contribution in [3.8, 4) is 0 Å². The zero-order chi connectivity index (χ0) is 18.0. The summed E-state index contributed by atoms with van der Waals surface area (Å²) in [6.07, 6.45) is 11.3. The summed E-state index contributed by atoms with van der Waals surface area (Å²) < 4.78 is 2.14. The monoisotopic (exact) mass is 482 g/mol. The van der Waals surface area contributed by atoms with Crippen LogP contribution < -0.4 is 15.5 Å². The molecular formula is C20H31IN6. The van der Waals surface area contributed by atoms with E-state index >= 15 is 0 Å². The van der Waals surface area contributed by atoms with Crippen LogP contribution in [0.1, 0.15) is 31.2 Å². The lowest BCUT2D eigenvalue weighted by molar-refractivity contribution is 0.665. The van der Waals surface area contributed by atoms with Crippen LogP contribution in [0.5, 0.6) is 0 Å². The van der Waals surface area contributed by atoms with Gasteiger partial charge in [-0.25, -0.2) is 4.98 Å². The Kier molecular flexibility index (Phi) is 9.44. The van der Waals surface area contributed by atoms with Gasteiger partial charge in [-0.05, 0) is 36.6 Å². The molecule has 7 heteroatoms. The summed E-state index contributed by atoms with van der Waals surface area (Å²) >= 11 is 0. The number of nitrogens with one attached hydrogen (secondary N) is 2. The van der Waals surface area contributed by atoms with Crippen LogP contribution in [0.4, 0.5) is 5.82 Å². The molecule has 0 aliphatic carbocycles. The van der Waals surface area contributed by atoms with Crippen LogP contribution in [0, 0.1) is 0 Å². The summed E-state index contributed by atoms with van der Waals surface area (Å²) in [6.45, 7) is 4.72. The highest BCUT2D eigenvalue weighted by Crippen LogP contribution is 2.17. The summed E-state index contributed by atoms with van der Waals surface area (Å²) in [4.78, 5) is 11.4. The number of hydrogen-bond acceptors (Lipinski definition) is 3. The zero-order valence-corrected chi connectivity index (χ0v) is 18.4. The fraction of sp³-hybridized carbons (Fsp3) is 0.500. The van der Waals surface area contributed by atoms with Crippen molar-refractivity contribution in [3.05, 3.63) is 48.4 Å². The third-order valence-corrected chi connectivity index (χ3v) is 4.75. The number of nitrogens with zero attached hydrogens (tertiary/aromatic N) is 4. The summed E-state index contributed by atoms with van der Waals surface area (Å²) in [5.41, 5.74) is 1.16. The minimum Gasteiger partial charge on any atom is -0.357 e. The van der Waals surface area contributed by atoms with E-state index in [4.69, 9.17) is 0 Å². The van der Waals surface area contributed by atoms with Crippen LogP contribution in [0.2, 0.25) is 0 Å². The number of aromatic nitrogens is 2. The van der Waals surface area contributed by atoms with Crippen LogP contribution in [0.15, 0.2) is 47.8 Å². The molecule has 1 fully saturated rings. The van der Waals surface area contributed by atoms with Gasteiger partial charge in [0.1, 0.15) is 5.82 Å². The van der Waals surface area contributed by atoms with Crippen LogP contribution in [-0.2, 0) is 13.1 Å². The van der Waals surface area contributed by atoms with Gasteiger partial charge in [0.2, 0.25) is 0 Å². The van der Waals surface area contributed by atoms with Crippen LogP contribution in [0.25, 0.3) is 0 Å². The molecule has 0 spiro atoms. The van der Waals surface area contributed by atoms with E-state index in [1.54, 1.807) is 7.05 Å². The van der Waals surface area contributed by atoms with Crippen molar-refractivity contribution in [2.45, 2.75) is 38.8 Å². The first-order valence-corrected chi connectivity index (χ1v) is 9.60. The normalized spacial score (nSPS) is 15.0. The molecule has 27 heavy (non-hydrogen) atoms. The van der Waals surface area contributed by atoms with E-state index in [1.807, 2.05) is 18.3 Å². The highest BCUT2D eigenvalue weighted by atomic mass is 127. The summed E-state index contributed by atoms with van der Waals surface area (Å²) in [7, 11) is 1.80. The Morgan fingerprint density at radius 3 is 2.44 bits per heavy atom. The van der Waals surface area contributed by atoms with E-state index in [0.717, 1.165) is 50.1 Å². The highest BCUT2D eigenvalue weighted by Gasteiger charge is 2.10. The fourth-order valence-corrected chi connectivity index (χ4v) is 3.24. The quantitative estimate of drug-likeness (QED) is 0.377. The van der Waals surface area contributed by atoms with Crippen molar-refractivity contribution in [1.82, 2.24) is 20.2 Å². The van der Waals surface area contributed by atoms with Gasteiger partial charge in [-0.1, -0.05) is 18.9 Å². The van der Waals surface area contributed by atoms with E-state index in [2.05, 4.69) is 54.6 Å². The Balaban J connectivity index is 0.00000261. The first kappa shape index (κ1) is 21.5. The SMILES string of the molecule is CN=C(NCCn1cccc1)NCc1ccc(N2CCCCCC2)nc1.I. The lowest BCUT2D eigenvalue weighted by Gasteiger charge is -2.21. The largest absolute Gasteiger partial charge is 0.357 e. The van der Waals surface area contributed by atoms with Gasteiger partial charge in [-0.3, -0.25) is 4.99 Å². The smallest absolute Gasteiger partial charge is 0.191 e. The standard InChI is InChI=1S/C20H30N6.HI/c1-21-20(22-10-15-25-11-6-7-12-25)24-17-18-8-9-19(23-16-18)26-13-4-2-3-5-14-26;/h6-9,11-12,16H,2-5,10,13-15,17H2,1H3,(H2,21,22,24);1H. The molecule has 0 aromatic carbocycles. The molecule has 0 bridgehead atoms. The molecule has 148 valence electrons. The summed E-state index contributed by atoms with van der Waals surface area (Å²) in [6, 6.07) is 8.38.